The van der Waals surface area contributed by atoms with Gasteiger partial charge in [0, 0.05) is 0 Å². The van der Waals surface area contributed by atoms with Gasteiger partial charge in [-0.05, 0) is 50.5 Å². The summed E-state index contributed by atoms with van der Waals surface area (Å²) in [6.07, 6.45) is 1.45. The lowest BCUT2D eigenvalue weighted by molar-refractivity contribution is -0.123. The molecule has 0 heterocycles. The number of aromatic hydroxyl groups is 1. The van der Waals surface area contributed by atoms with Crippen LogP contribution in [0.5, 0.6) is 11.5 Å². The zero-order valence-electron chi connectivity index (χ0n) is 13.1. The Morgan fingerprint density at radius 2 is 2.00 bits per heavy atom. The molecule has 0 saturated heterocycles. The molecule has 25 heavy (non-hydrogen) atoms. The van der Waals surface area contributed by atoms with Gasteiger partial charge in [0.15, 0.2) is 6.61 Å². The zero-order valence-corrected chi connectivity index (χ0v) is 14.7. The molecule has 0 saturated carbocycles. The summed E-state index contributed by atoms with van der Waals surface area (Å²) in [4.78, 5) is 11.8. The van der Waals surface area contributed by atoms with Crippen molar-refractivity contribution in [2.24, 2.45) is 5.10 Å². The minimum Gasteiger partial charge on any atom is -0.508 e. The predicted molar refractivity (Wildman–Crippen MR) is 101 cm³/mol. The number of carbonyl (C=O) groups excluding carboxylic acids is 1. The smallest absolute Gasteiger partial charge is 0.277 e. The summed E-state index contributed by atoms with van der Waals surface area (Å²) in [7, 11) is 0. The molecule has 0 aliphatic carbocycles. The van der Waals surface area contributed by atoms with Gasteiger partial charge in [-0.2, -0.15) is 5.10 Å². The Bertz CT molecular complexity index is 941. The maximum Gasteiger partial charge on any atom is 0.277 e. The molecule has 1 amide bonds. The van der Waals surface area contributed by atoms with Gasteiger partial charge in [0.2, 0.25) is 0 Å². The van der Waals surface area contributed by atoms with E-state index < -0.39 is 0 Å². The van der Waals surface area contributed by atoms with E-state index in [0.29, 0.717) is 11.3 Å². The molecule has 126 valence electrons. The summed E-state index contributed by atoms with van der Waals surface area (Å²) in [5.74, 6) is 0.349. The number of nitrogens with one attached hydrogen (secondary N) is 1. The number of phenolic OH excluding ortho intramolecular Hbond substituents is 1. The third-order valence-electron chi connectivity index (χ3n) is 3.46. The van der Waals surface area contributed by atoms with Crippen LogP contribution in [0.3, 0.4) is 0 Å². The zero-order chi connectivity index (χ0) is 17.6. The van der Waals surface area contributed by atoms with Gasteiger partial charge in [-0.1, -0.05) is 42.5 Å². The van der Waals surface area contributed by atoms with Crippen LogP contribution in [0.15, 0.2) is 70.2 Å². The topological polar surface area (TPSA) is 70.9 Å². The van der Waals surface area contributed by atoms with E-state index in [1.807, 2.05) is 36.4 Å². The molecule has 5 nitrogen and oxygen atoms in total. The Kier molecular flexibility index (Phi) is 5.30. The number of hydrogen-bond acceptors (Lipinski definition) is 4. The molecule has 0 bridgehead atoms. The molecule has 0 radical (unpaired) electrons. The van der Waals surface area contributed by atoms with Crippen molar-refractivity contribution in [2.45, 2.75) is 0 Å². The van der Waals surface area contributed by atoms with E-state index >= 15 is 0 Å². The molecule has 0 aliphatic rings. The van der Waals surface area contributed by atoms with E-state index in [9.17, 15) is 9.90 Å². The van der Waals surface area contributed by atoms with E-state index in [-0.39, 0.29) is 18.3 Å². The number of fused-ring (bicyclic) bond motifs is 1. The fourth-order valence-electron chi connectivity index (χ4n) is 2.28. The van der Waals surface area contributed by atoms with Crippen LogP contribution >= 0.6 is 15.9 Å². The lowest BCUT2D eigenvalue weighted by Gasteiger charge is -2.09. The van der Waals surface area contributed by atoms with Crippen molar-refractivity contribution in [1.82, 2.24) is 5.43 Å². The van der Waals surface area contributed by atoms with Crippen LogP contribution in [-0.4, -0.2) is 23.8 Å². The van der Waals surface area contributed by atoms with E-state index in [0.717, 1.165) is 15.2 Å². The second kappa shape index (κ2) is 7.81. The molecule has 0 unspecified atom stereocenters. The second-order valence-corrected chi connectivity index (χ2v) is 6.07. The predicted octanol–water partition coefficient (Wildman–Crippen LogP) is 3.84. The first-order valence-corrected chi connectivity index (χ1v) is 8.34. The van der Waals surface area contributed by atoms with Crippen molar-refractivity contribution in [3.05, 3.63) is 70.7 Å². The van der Waals surface area contributed by atoms with Crippen LogP contribution in [0.2, 0.25) is 0 Å². The van der Waals surface area contributed by atoms with Gasteiger partial charge < -0.3 is 9.84 Å². The number of carbonyl (C=O) groups is 1. The first-order valence-electron chi connectivity index (χ1n) is 7.54. The number of benzene rings is 3. The highest BCUT2D eigenvalue weighted by Gasteiger charge is 2.08. The normalized spacial score (nSPS) is 10.9. The average molecular weight is 399 g/mol. The fourth-order valence-corrected chi connectivity index (χ4v) is 2.89. The lowest BCUT2D eigenvalue weighted by Crippen LogP contribution is -2.24. The average Bonchev–Trinajstić information content (AvgIpc) is 2.61. The van der Waals surface area contributed by atoms with Crippen molar-refractivity contribution >= 4 is 38.8 Å². The summed E-state index contributed by atoms with van der Waals surface area (Å²) in [6.45, 7) is -0.158. The monoisotopic (exact) mass is 398 g/mol. The Morgan fingerprint density at radius 3 is 2.84 bits per heavy atom. The van der Waals surface area contributed by atoms with Crippen molar-refractivity contribution in [1.29, 1.82) is 0 Å². The Hall–Kier alpha value is -2.86. The first kappa shape index (κ1) is 17.0. The molecule has 0 aliphatic heterocycles. The summed E-state index contributed by atoms with van der Waals surface area (Å²) in [5, 5.41) is 15.3. The van der Waals surface area contributed by atoms with Crippen LogP contribution in [0, 0.1) is 0 Å². The van der Waals surface area contributed by atoms with Crippen molar-refractivity contribution in [3.8, 4) is 11.5 Å². The maximum absolute atomic E-state index is 11.8. The highest BCUT2D eigenvalue weighted by atomic mass is 79.9. The van der Waals surface area contributed by atoms with Gasteiger partial charge >= 0.3 is 0 Å². The molecule has 0 fully saturated rings. The van der Waals surface area contributed by atoms with Gasteiger partial charge in [-0.25, -0.2) is 5.43 Å². The van der Waals surface area contributed by atoms with Crippen molar-refractivity contribution < 1.29 is 14.6 Å². The Balaban J connectivity index is 1.58. The molecule has 0 spiro atoms. The van der Waals surface area contributed by atoms with Gasteiger partial charge in [-0.3, -0.25) is 4.79 Å². The number of nitrogens with zero attached hydrogens (tertiary/aromatic N) is 1. The summed E-state index contributed by atoms with van der Waals surface area (Å²) in [5.41, 5.74) is 3.07. The second-order valence-electron chi connectivity index (χ2n) is 5.28. The SMILES string of the molecule is O=C(COc1ccc2ccccc2c1Br)N/N=C/c1cccc(O)c1. The molecule has 0 atom stereocenters. The standard InChI is InChI=1S/C19H15BrN2O3/c20-19-16-7-2-1-5-14(16)8-9-17(19)25-12-18(24)22-21-11-13-4-3-6-15(23)10-13/h1-11,23H,12H2,(H,22,24)/b21-11+. The number of phenols is 1. The van der Waals surface area contributed by atoms with E-state index in [1.165, 1.54) is 6.21 Å². The molecule has 3 rings (SSSR count). The van der Waals surface area contributed by atoms with Crippen molar-refractivity contribution in [2.75, 3.05) is 6.61 Å². The van der Waals surface area contributed by atoms with Gasteiger partial charge in [0.25, 0.3) is 5.91 Å². The van der Waals surface area contributed by atoms with Crippen LogP contribution in [0.1, 0.15) is 5.56 Å². The summed E-state index contributed by atoms with van der Waals surface area (Å²) in [6, 6.07) is 18.2. The van der Waals surface area contributed by atoms with Gasteiger partial charge in [0.05, 0.1) is 10.7 Å². The number of hydrogen-bond donors (Lipinski definition) is 2. The largest absolute Gasteiger partial charge is 0.508 e. The van der Waals surface area contributed by atoms with Gasteiger partial charge in [-0.15, -0.1) is 0 Å². The number of halogens is 1. The molecular formula is C19H15BrN2O3. The van der Waals surface area contributed by atoms with Crippen LogP contribution < -0.4 is 10.2 Å². The molecule has 3 aromatic carbocycles. The lowest BCUT2D eigenvalue weighted by atomic mass is 10.1. The van der Waals surface area contributed by atoms with E-state index in [2.05, 4.69) is 26.5 Å². The number of hydrazone groups is 1. The maximum atomic E-state index is 11.8. The third-order valence-corrected chi connectivity index (χ3v) is 4.28. The number of amides is 1. The first-order chi connectivity index (χ1) is 12.1. The molecule has 6 heteroatoms. The highest BCUT2D eigenvalue weighted by Crippen LogP contribution is 2.32. The minimum atomic E-state index is -0.378. The fraction of sp³-hybridized carbons (Fsp3) is 0.0526. The Morgan fingerprint density at radius 1 is 1.16 bits per heavy atom. The van der Waals surface area contributed by atoms with Gasteiger partial charge in [0.1, 0.15) is 11.5 Å². The minimum absolute atomic E-state index is 0.139. The molecule has 2 N–H and O–H groups in total. The van der Waals surface area contributed by atoms with Crippen molar-refractivity contribution in [3.63, 3.8) is 0 Å². The van der Waals surface area contributed by atoms with E-state index in [4.69, 9.17) is 4.74 Å². The molecule has 3 aromatic rings. The quantitative estimate of drug-likeness (QED) is 0.506. The highest BCUT2D eigenvalue weighted by molar-refractivity contribution is 9.10. The van der Waals surface area contributed by atoms with E-state index in [1.54, 1.807) is 24.3 Å². The Labute approximate surface area is 153 Å². The van der Waals surface area contributed by atoms with Crippen LogP contribution in [0.25, 0.3) is 10.8 Å². The number of ether oxygens (including phenoxy) is 1. The summed E-state index contributed by atoms with van der Waals surface area (Å²) < 4.78 is 6.36. The summed E-state index contributed by atoms with van der Waals surface area (Å²) >= 11 is 3.51. The van der Waals surface area contributed by atoms with Crippen LogP contribution in [-0.2, 0) is 4.79 Å². The van der Waals surface area contributed by atoms with Crippen LogP contribution in [0.4, 0.5) is 0 Å². The third kappa shape index (κ3) is 4.36. The molecular weight excluding hydrogens is 384 g/mol. The molecule has 0 aromatic heterocycles. The number of rotatable bonds is 5.